The average molecular weight is 510 g/mol. The zero-order chi connectivity index (χ0) is 24.6. The Morgan fingerprint density at radius 3 is 2.29 bits per heavy atom. The van der Waals surface area contributed by atoms with Crippen molar-refractivity contribution in [3.8, 4) is 5.75 Å². The van der Waals surface area contributed by atoms with E-state index < -0.39 is 35.9 Å². The molecule has 0 radical (unpaired) electrons. The molecule has 0 bridgehead atoms. The first-order chi connectivity index (χ1) is 16.0. The summed E-state index contributed by atoms with van der Waals surface area (Å²) in [6.45, 7) is -0.0765. The number of rotatable bonds is 5. The Bertz CT molecular complexity index is 1250. The fourth-order valence-electron chi connectivity index (χ4n) is 4.11. The van der Waals surface area contributed by atoms with Gasteiger partial charge in [-0.05, 0) is 47.0 Å². The van der Waals surface area contributed by atoms with E-state index in [2.05, 4.69) is 4.74 Å². The molecule has 0 saturated heterocycles. The van der Waals surface area contributed by atoms with Gasteiger partial charge >= 0.3 is 12.3 Å². The quantitative estimate of drug-likeness (QED) is 0.428. The summed E-state index contributed by atoms with van der Waals surface area (Å²) in [5.74, 6) is -3.14. The molecule has 0 saturated carbocycles. The monoisotopic (exact) mass is 509 g/mol. The Labute approximate surface area is 202 Å². The normalized spacial score (nSPS) is 17.9. The number of halogens is 5. The Hall–Kier alpha value is -3.23. The minimum absolute atomic E-state index is 0.0765. The molecular weight excluding hydrogens is 494 g/mol. The summed E-state index contributed by atoms with van der Waals surface area (Å²) in [6.07, 6.45) is -4.83. The van der Waals surface area contributed by atoms with E-state index in [1.54, 1.807) is 36.4 Å². The van der Waals surface area contributed by atoms with Gasteiger partial charge < -0.3 is 14.7 Å². The summed E-state index contributed by atoms with van der Waals surface area (Å²) < 4.78 is 41.3. The maximum absolute atomic E-state index is 13.5. The molecule has 0 aromatic heterocycles. The number of carbonyl (C=O) groups excluding carboxylic acids is 1. The summed E-state index contributed by atoms with van der Waals surface area (Å²) in [4.78, 5) is 27.3. The van der Waals surface area contributed by atoms with Crippen LogP contribution < -0.4 is 4.74 Å². The average Bonchev–Trinajstić information content (AvgIpc) is 2.76. The number of benzene rings is 3. The zero-order valence-corrected chi connectivity index (χ0v) is 18.7. The molecule has 34 heavy (non-hydrogen) atoms. The summed E-state index contributed by atoms with van der Waals surface area (Å²) in [7, 11) is 0. The van der Waals surface area contributed by atoms with E-state index in [1.807, 2.05) is 0 Å². The van der Waals surface area contributed by atoms with Crippen molar-refractivity contribution in [2.24, 2.45) is 0 Å². The van der Waals surface area contributed by atoms with Crippen LogP contribution in [0.5, 0.6) is 5.75 Å². The van der Waals surface area contributed by atoms with Crippen molar-refractivity contribution in [2.45, 2.75) is 24.9 Å². The van der Waals surface area contributed by atoms with Gasteiger partial charge in [-0.3, -0.25) is 9.59 Å². The number of nitrogens with zero attached hydrogens (tertiary/aromatic N) is 1. The smallest absolute Gasteiger partial charge is 0.481 e. The Kier molecular flexibility index (Phi) is 6.47. The highest BCUT2D eigenvalue weighted by Crippen LogP contribution is 2.46. The van der Waals surface area contributed by atoms with Gasteiger partial charge in [0.25, 0.3) is 5.91 Å². The molecule has 0 spiro atoms. The van der Waals surface area contributed by atoms with Gasteiger partial charge in [-0.25, -0.2) is 0 Å². The second-order valence-electron chi connectivity index (χ2n) is 7.64. The second-order valence-corrected chi connectivity index (χ2v) is 8.48. The number of ether oxygens (including phenoxy) is 1. The highest BCUT2D eigenvalue weighted by Gasteiger charge is 2.45. The molecule has 176 valence electrons. The van der Waals surface area contributed by atoms with Crippen molar-refractivity contribution in [3.05, 3.63) is 99.0 Å². The second kappa shape index (κ2) is 9.19. The minimum atomic E-state index is -4.83. The maximum Gasteiger partial charge on any atom is 0.573 e. The lowest BCUT2D eigenvalue weighted by Crippen LogP contribution is -2.44. The van der Waals surface area contributed by atoms with Crippen LogP contribution in [0.1, 0.15) is 39.0 Å². The first-order valence-electron chi connectivity index (χ1n) is 9.97. The molecule has 3 aromatic carbocycles. The summed E-state index contributed by atoms with van der Waals surface area (Å²) in [5, 5.41) is 10.7. The maximum atomic E-state index is 13.5. The van der Waals surface area contributed by atoms with Crippen molar-refractivity contribution in [3.63, 3.8) is 0 Å². The van der Waals surface area contributed by atoms with E-state index >= 15 is 0 Å². The van der Waals surface area contributed by atoms with Crippen molar-refractivity contribution in [1.82, 2.24) is 4.90 Å². The number of alkyl halides is 3. The van der Waals surface area contributed by atoms with Crippen LogP contribution in [-0.4, -0.2) is 28.2 Å². The fraction of sp³-hybridized carbons (Fsp3) is 0.167. The van der Waals surface area contributed by atoms with Crippen molar-refractivity contribution in [1.29, 1.82) is 0 Å². The molecule has 1 heterocycles. The van der Waals surface area contributed by atoms with Crippen LogP contribution in [0.3, 0.4) is 0 Å². The van der Waals surface area contributed by atoms with Crippen molar-refractivity contribution in [2.75, 3.05) is 0 Å². The van der Waals surface area contributed by atoms with Crippen LogP contribution in [0, 0.1) is 0 Å². The topological polar surface area (TPSA) is 66.8 Å². The molecule has 0 fully saturated rings. The summed E-state index contributed by atoms with van der Waals surface area (Å²) in [6, 6.07) is 15.0. The van der Waals surface area contributed by atoms with Gasteiger partial charge in [0.05, 0.1) is 6.04 Å². The van der Waals surface area contributed by atoms with Crippen LogP contribution in [-0.2, 0) is 11.3 Å². The Balaban J connectivity index is 1.79. The van der Waals surface area contributed by atoms with E-state index in [1.165, 1.54) is 23.1 Å². The predicted molar refractivity (Wildman–Crippen MR) is 119 cm³/mol. The molecule has 1 aliphatic heterocycles. The van der Waals surface area contributed by atoms with Gasteiger partial charge in [0.2, 0.25) is 0 Å². The molecule has 0 aliphatic carbocycles. The van der Waals surface area contributed by atoms with Gasteiger partial charge in [-0.2, -0.15) is 0 Å². The third-order valence-electron chi connectivity index (χ3n) is 5.50. The standard InChI is InChI=1S/C24H16Cl2F3NO4/c25-14-7-10-18(19(26)11-14)21-20(23(32)33)16-3-1-2-4-17(16)22(31)30(21)12-13-5-8-15(9-6-13)34-24(27,28)29/h1-11,20-21H,12H2,(H,32,33). The van der Waals surface area contributed by atoms with E-state index in [9.17, 15) is 27.9 Å². The van der Waals surface area contributed by atoms with Gasteiger partial charge in [-0.1, -0.05) is 59.6 Å². The van der Waals surface area contributed by atoms with Crippen molar-refractivity contribution >= 4 is 35.1 Å². The van der Waals surface area contributed by atoms with Gasteiger partial charge in [0, 0.05) is 22.2 Å². The highest BCUT2D eigenvalue weighted by atomic mass is 35.5. The number of carboxylic acids is 1. The molecule has 2 atom stereocenters. The fourth-order valence-corrected chi connectivity index (χ4v) is 4.63. The molecular formula is C24H16Cl2F3NO4. The first kappa shape index (κ1) is 23.9. The number of aliphatic carboxylic acids is 1. The van der Waals surface area contributed by atoms with Crippen LogP contribution in [0.25, 0.3) is 0 Å². The molecule has 1 amide bonds. The van der Waals surface area contributed by atoms with E-state index in [-0.39, 0.29) is 17.1 Å². The number of amides is 1. The van der Waals surface area contributed by atoms with Crippen LogP contribution in [0.2, 0.25) is 10.0 Å². The van der Waals surface area contributed by atoms with Gasteiger partial charge in [0.15, 0.2) is 0 Å². The van der Waals surface area contributed by atoms with E-state index in [4.69, 9.17) is 23.2 Å². The number of hydrogen-bond donors (Lipinski definition) is 1. The molecule has 2 unspecified atom stereocenters. The highest BCUT2D eigenvalue weighted by molar-refractivity contribution is 6.35. The van der Waals surface area contributed by atoms with Crippen molar-refractivity contribution < 1.29 is 32.6 Å². The van der Waals surface area contributed by atoms with Gasteiger partial charge in [-0.15, -0.1) is 13.2 Å². The Morgan fingerprint density at radius 2 is 1.68 bits per heavy atom. The first-order valence-corrected chi connectivity index (χ1v) is 10.7. The molecule has 4 rings (SSSR count). The lowest BCUT2D eigenvalue weighted by atomic mass is 9.79. The lowest BCUT2D eigenvalue weighted by Gasteiger charge is -2.41. The van der Waals surface area contributed by atoms with Crippen LogP contribution in [0.15, 0.2) is 66.7 Å². The summed E-state index contributed by atoms with van der Waals surface area (Å²) >= 11 is 12.4. The SMILES string of the molecule is O=C(O)C1c2ccccc2C(=O)N(Cc2ccc(OC(F)(F)F)cc2)C1c1ccc(Cl)cc1Cl. The predicted octanol–water partition coefficient (Wildman–Crippen LogP) is 6.46. The molecule has 10 heteroatoms. The third kappa shape index (κ3) is 4.83. The molecule has 5 nitrogen and oxygen atoms in total. The molecule has 3 aromatic rings. The number of carboxylic acid groups (broad SMARTS) is 1. The summed E-state index contributed by atoms with van der Waals surface area (Å²) in [5.41, 5.74) is 1.44. The Morgan fingerprint density at radius 1 is 1.00 bits per heavy atom. The van der Waals surface area contributed by atoms with Crippen LogP contribution in [0.4, 0.5) is 13.2 Å². The van der Waals surface area contributed by atoms with Crippen LogP contribution >= 0.6 is 23.2 Å². The number of carbonyl (C=O) groups is 2. The lowest BCUT2D eigenvalue weighted by molar-refractivity contribution is -0.274. The minimum Gasteiger partial charge on any atom is -0.481 e. The molecule has 1 N–H and O–H groups in total. The molecule has 1 aliphatic rings. The van der Waals surface area contributed by atoms with E-state index in [0.29, 0.717) is 21.7 Å². The number of fused-ring (bicyclic) bond motifs is 1. The van der Waals surface area contributed by atoms with E-state index in [0.717, 1.165) is 12.1 Å². The zero-order valence-electron chi connectivity index (χ0n) is 17.2. The largest absolute Gasteiger partial charge is 0.573 e. The van der Waals surface area contributed by atoms with Gasteiger partial charge in [0.1, 0.15) is 11.7 Å². The number of hydrogen-bond acceptors (Lipinski definition) is 3. The third-order valence-corrected chi connectivity index (χ3v) is 6.06.